The summed E-state index contributed by atoms with van der Waals surface area (Å²) in [4.78, 5) is 14.3. The van der Waals surface area contributed by atoms with Gasteiger partial charge in [-0.25, -0.2) is 0 Å². The van der Waals surface area contributed by atoms with Gasteiger partial charge in [0, 0.05) is 30.6 Å². The van der Waals surface area contributed by atoms with Crippen LogP contribution in [0.2, 0.25) is 0 Å². The Morgan fingerprint density at radius 2 is 2.21 bits per heavy atom. The maximum Gasteiger partial charge on any atom is 0.289 e. The fourth-order valence-electron chi connectivity index (χ4n) is 2.67. The van der Waals surface area contributed by atoms with Gasteiger partial charge in [0.1, 0.15) is 5.58 Å². The Hall–Kier alpha value is -1.81. The first-order chi connectivity index (χ1) is 9.18. The average molecular weight is 258 g/mol. The van der Waals surface area contributed by atoms with Gasteiger partial charge in [0.2, 0.25) is 0 Å². The predicted octanol–water partition coefficient (Wildman–Crippen LogP) is 2.18. The van der Waals surface area contributed by atoms with Crippen LogP contribution in [0, 0.1) is 6.92 Å². The van der Waals surface area contributed by atoms with Crippen molar-refractivity contribution in [3.8, 4) is 0 Å². The molecule has 1 aromatic heterocycles. The summed E-state index contributed by atoms with van der Waals surface area (Å²) < 4.78 is 5.73. The number of aryl methyl sites for hydroxylation is 1. The third kappa shape index (κ3) is 2.02. The third-order valence-electron chi connectivity index (χ3n) is 3.94. The Labute approximate surface area is 112 Å². The lowest BCUT2D eigenvalue weighted by Gasteiger charge is -2.22. The molecule has 19 heavy (non-hydrogen) atoms. The van der Waals surface area contributed by atoms with Gasteiger partial charge >= 0.3 is 0 Å². The van der Waals surface area contributed by atoms with Gasteiger partial charge in [0.25, 0.3) is 5.91 Å². The molecule has 0 spiro atoms. The first-order valence-corrected chi connectivity index (χ1v) is 6.64. The van der Waals surface area contributed by atoms with Crippen molar-refractivity contribution in [3.63, 3.8) is 0 Å². The van der Waals surface area contributed by atoms with E-state index in [-0.39, 0.29) is 11.9 Å². The molecule has 4 nitrogen and oxygen atoms in total. The Morgan fingerprint density at radius 3 is 2.89 bits per heavy atom. The van der Waals surface area contributed by atoms with Crippen molar-refractivity contribution in [2.45, 2.75) is 19.4 Å². The van der Waals surface area contributed by atoms with Crippen LogP contribution in [0.25, 0.3) is 11.0 Å². The summed E-state index contributed by atoms with van der Waals surface area (Å²) in [6.07, 6.45) is 1.00. The van der Waals surface area contributed by atoms with E-state index in [1.165, 1.54) is 0 Å². The van der Waals surface area contributed by atoms with Gasteiger partial charge in [-0.15, -0.1) is 0 Å². The van der Waals surface area contributed by atoms with Crippen LogP contribution in [0.5, 0.6) is 0 Å². The molecule has 1 N–H and O–H groups in total. The van der Waals surface area contributed by atoms with Crippen molar-refractivity contribution in [2.24, 2.45) is 0 Å². The Balaban J connectivity index is 1.94. The van der Waals surface area contributed by atoms with Crippen molar-refractivity contribution in [1.29, 1.82) is 0 Å². The molecule has 1 atom stereocenters. The Morgan fingerprint density at radius 1 is 1.42 bits per heavy atom. The van der Waals surface area contributed by atoms with E-state index in [1.807, 2.05) is 38.2 Å². The lowest BCUT2D eigenvalue weighted by atomic mass is 10.1. The van der Waals surface area contributed by atoms with Crippen LogP contribution in [0.4, 0.5) is 0 Å². The van der Waals surface area contributed by atoms with Crippen molar-refractivity contribution in [2.75, 3.05) is 20.1 Å². The molecule has 1 aliphatic heterocycles. The monoisotopic (exact) mass is 258 g/mol. The Kier molecular flexibility index (Phi) is 3.03. The summed E-state index contributed by atoms with van der Waals surface area (Å²) in [7, 11) is 1.85. The lowest BCUT2D eigenvalue weighted by molar-refractivity contribution is 0.0713. The van der Waals surface area contributed by atoms with E-state index in [1.54, 1.807) is 4.90 Å². The highest BCUT2D eigenvalue weighted by Crippen LogP contribution is 2.26. The van der Waals surface area contributed by atoms with Gasteiger partial charge in [0.15, 0.2) is 5.76 Å². The summed E-state index contributed by atoms with van der Waals surface area (Å²) >= 11 is 0. The van der Waals surface area contributed by atoms with Gasteiger partial charge < -0.3 is 14.6 Å². The average Bonchev–Trinajstić information content (AvgIpc) is 3.06. The minimum Gasteiger partial charge on any atom is -0.451 e. The van der Waals surface area contributed by atoms with Crippen LogP contribution in [-0.4, -0.2) is 37.0 Å². The molecule has 1 amide bonds. The number of carbonyl (C=O) groups is 1. The molecule has 0 bridgehead atoms. The van der Waals surface area contributed by atoms with Crippen LogP contribution in [0.1, 0.15) is 22.5 Å². The molecule has 2 heterocycles. The normalized spacial score (nSPS) is 18.9. The summed E-state index contributed by atoms with van der Waals surface area (Å²) in [5, 5.41) is 4.29. The van der Waals surface area contributed by atoms with Gasteiger partial charge in [-0.3, -0.25) is 4.79 Å². The number of nitrogens with zero attached hydrogens (tertiary/aromatic N) is 1. The number of furan rings is 1. The second-order valence-corrected chi connectivity index (χ2v) is 5.12. The predicted molar refractivity (Wildman–Crippen MR) is 74.3 cm³/mol. The van der Waals surface area contributed by atoms with Gasteiger partial charge in [-0.2, -0.15) is 0 Å². The molecule has 1 aromatic carbocycles. The van der Waals surface area contributed by atoms with Crippen LogP contribution in [0.15, 0.2) is 28.7 Å². The molecule has 0 aliphatic carbocycles. The zero-order chi connectivity index (χ0) is 13.4. The molecular weight excluding hydrogens is 240 g/mol. The number of rotatable bonds is 2. The maximum atomic E-state index is 12.5. The largest absolute Gasteiger partial charge is 0.451 e. The number of likely N-dealkylation sites (N-methyl/N-ethyl adjacent to an activating group) is 1. The molecule has 2 aromatic rings. The standard InChI is InChI=1S/C15H18N2O2/c1-10-12-5-3-4-6-13(12)19-14(10)15(18)17(2)11-7-8-16-9-11/h3-6,11,16H,7-9H2,1-2H3/t11-/m1/s1. The van der Waals surface area contributed by atoms with E-state index in [0.29, 0.717) is 5.76 Å². The summed E-state index contributed by atoms with van der Waals surface area (Å²) in [6, 6.07) is 8.03. The minimum absolute atomic E-state index is 0.0256. The number of hydrogen-bond donors (Lipinski definition) is 1. The summed E-state index contributed by atoms with van der Waals surface area (Å²) in [5.41, 5.74) is 1.71. The number of hydrogen-bond acceptors (Lipinski definition) is 3. The molecule has 0 saturated carbocycles. The smallest absolute Gasteiger partial charge is 0.289 e. The van der Waals surface area contributed by atoms with E-state index in [2.05, 4.69) is 5.32 Å². The number of benzene rings is 1. The van der Waals surface area contributed by atoms with Crippen molar-refractivity contribution in [3.05, 3.63) is 35.6 Å². The zero-order valence-corrected chi connectivity index (χ0v) is 11.3. The molecule has 1 fully saturated rings. The fraction of sp³-hybridized carbons (Fsp3) is 0.400. The van der Waals surface area contributed by atoms with Crippen LogP contribution < -0.4 is 5.32 Å². The second kappa shape index (κ2) is 4.70. The SMILES string of the molecule is Cc1c(C(=O)N(C)[C@@H]2CCNC2)oc2ccccc12. The van der Waals surface area contributed by atoms with E-state index >= 15 is 0 Å². The van der Waals surface area contributed by atoms with Gasteiger partial charge in [-0.1, -0.05) is 18.2 Å². The van der Waals surface area contributed by atoms with Crippen LogP contribution in [0.3, 0.4) is 0 Å². The fourth-order valence-corrected chi connectivity index (χ4v) is 2.67. The highest BCUT2D eigenvalue weighted by Gasteiger charge is 2.27. The van der Waals surface area contributed by atoms with E-state index in [4.69, 9.17) is 4.42 Å². The zero-order valence-electron chi connectivity index (χ0n) is 11.3. The highest BCUT2D eigenvalue weighted by atomic mass is 16.3. The number of para-hydroxylation sites is 1. The topological polar surface area (TPSA) is 45.5 Å². The maximum absolute atomic E-state index is 12.5. The van der Waals surface area contributed by atoms with Gasteiger partial charge in [0.05, 0.1) is 0 Å². The van der Waals surface area contributed by atoms with Crippen LogP contribution in [-0.2, 0) is 0 Å². The van der Waals surface area contributed by atoms with Crippen LogP contribution >= 0.6 is 0 Å². The molecule has 4 heteroatoms. The third-order valence-corrected chi connectivity index (χ3v) is 3.94. The Bertz CT molecular complexity index is 612. The number of nitrogens with one attached hydrogen (secondary N) is 1. The molecule has 100 valence electrons. The first-order valence-electron chi connectivity index (χ1n) is 6.64. The quantitative estimate of drug-likeness (QED) is 0.898. The van der Waals surface area contributed by atoms with E-state index in [0.717, 1.165) is 36.0 Å². The molecule has 0 radical (unpaired) electrons. The molecule has 3 rings (SSSR count). The van der Waals surface area contributed by atoms with Crippen molar-refractivity contribution in [1.82, 2.24) is 10.2 Å². The van der Waals surface area contributed by atoms with Crippen molar-refractivity contribution < 1.29 is 9.21 Å². The number of carbonyl (C=O) groups excluding carboxylic acids is 1. The van der Waals surface area contributed by atoms with Gasteiger partial charge in [-0.05, 0) is 26.0 Å². The molecular formula is C15H18N2O2. The molecule has 0 unspecified atom stereocenters. The van der Waals surface area contributed by atoms with E-state index < -0.39 is 0 Å². The lowest BCUT2D eigenvalue weighted by Crippen LogP contribution is -2.38. The highest BCUT2D eigenvalue weighted by molar-refractivity contribution is 5.98. The number of fused-ring (bicyclic) bond motifs is 1. The second-order valence-electron chi connectivity index (χ2n) is 5.12. The molecule has 1 saturated heterocycles. The first kappa shape index (κ1) is 12.2. The number of amides is 1. The summed E-state index contributed by atoms with van der Waals surface area (Å²) in [5.74, 6) is 0.443. The minimum atomic E-state index is -0.0256. The summed E-state index contributed by atoms with van der Waals surface area (Å²) in [6.45, 7) is 3.78. The molecule has 1 aliphatic rings. The van der Waals surface area contributed by atoms with E-state index in [9.17, 15) is 4.79 Å². The van der Waals surface area contributed by atoms with Crippen molar-refractivity contribution >= 4 is 16.9 Å².